The summed E-state index contributed by atoms with van der Waals surface area (Å²) in [5, 5.41) is 43.0. The Morgan fingerprint density at radius 2 is 1.76 bits per heavy atom. The Balaban J connectivity index is 2.52. The molecule has 2 unspecified atom stereocenters. The molecule has 12 atom stereocenters. The number of rotatable bonds is 7. The minimum Gasteiger partial charge on any atom is -0.462 e. The summed E-state index contributed by atoms with van der Waals surface area (Å²) in [7, 11) is 3.43. The Hall–Kier alpha value is -1.99. The molecule has 2 rings (SSSR count). The van der Waals surface area contributed by atoms with Gasteiger partial charge in [-0.05, 0) is 52.8 Å². The third kappa shape index (κ3) is 9.51. The first-order valence-electron chi connectivity index (χ1n) is 14.9. The molecule has 1 fully saturated rings. The zero-order valence-corrected chi connectivity index (χ0v) is 26.0. The Morgan fingerprint density at radius 3 is 2.33 bits per heavy atom. The Labute approximate surface area is 249 Å². The molecule has 240 valence electrons. The standard InChI is InChI=1S/C31H51NO10/c1-8-25-22(16-34)13-17(2)9-10-23(35)18(3)14-21(11-12-33)30(19(4)24(36)15-26(37)41-25)42-31-29(39)27(32(6)7)28(38)20(5)40-31/h9-10,12-13,18-22,24-25,27-31,34,36,38-39H,8,11,14-16H2,1-7H3/t18-,19+,20-,21+,22-,24-,25-,27?,28-,29?,30-,31+/m1/s1. The number of aldehydes is 1. The highest BCUT2D eigenvalue weighted by Crippen LogP contribution is 2.34. The quantitative estimate of drug-likeness (QED) is 0.248. The average molecular weight is 598 g/mol. The van der Waals surface area contributed by atoms with Gasteiger partial charge in [0.05, 0.1) is 43.5 Å². The molecule has 0 amide bonds. The second kappa shape index (κ2) is 16.7. The summed E-state index contributed by atoms with van der Waals surface area (Å²) in [5.41, 5.74) is 0.714. The first-order chi connectivity index (χ1) is 19.7. The van der Waals surface area contributed by atoms with Gasteiger partial charge in [-0.25, -0.2) is 0 Å². The minimum absolute atomic E-state index is 0.000625. The predicted molar refractivity (Wildman–Crippen MR) is 155 cm³/mol. The Kier molecular flexibility index (Phi) is 14.4. The highest BCUT2D eigenvalue weighted by molar-refractivity contribution is 5.91. The maximum Gasteiger partial charge on any atom is 0.308 e. The molecule has 0 aromatic carbocycles. The molecule has 4 N–H and O–H groups in total. The molecule has 0 aliphatic carbocycles. The van der Waals surface area contributed by atoms with Crippen LogP contribution in [0.1, 0.15) is 60.3 Å². The number of ketones is 1. The summed E-state index contributed by atoms with van der Waals surface area (Å²) in [6.45, 7) is 8.42. The molecule has 2 aliphatic rings. The zero-order valence-electron chi connectivity index (χ0n) is 26.0. The van der Waals surface area contributed by atoms with Crippen molar-refractivity contribution in [2.45, 2.75) is 109 Å². The molecular weight excluding hydrogens is 546 g/mol. The topological polar surface area (TPSA) is 163 Å². The van der Waals surface area contributed by atoms with Gasteiger partial charge in [0.15, 0.2) is 12.1 Å². The van der Waals surface area contributed by atoms with E-state index in [2.05, 4.69) is 0 Å². The molecule has 1 saturated heterocycles. The van der Waals surface area contributed by atoms with Crippen molar-refractivity contribution >= 4 is 18.0 Å². The van der Waals surface area contributed by atoms with E-state index in [9.17, 15) is 34.8 Å². The van der Waals surface area contributed by atoms with Gasteiger partial charge in [-0.2, -0.15) is 0 Å². The summed E-state index contributed by atoms with van der Waals surface area (Å²) in [6, 6.07) is -0.711. The number of hydrogen-bond acceptors (Lipinski definition) is 11. The Morgan fingerprint density at radius 1 is 1.10 bits per heavy atom. The molecule has 0 bridgehead atoms. The maximum atomic E-state index is 13.1. The first kappa shape index (κ1) is 36.2. The van der Waals surface area contributed by atoms with Crippen LogP contribution in [0, 0.1) is 23.7 Å². The van der Waals surface area contributed by atoms with Crippen molar-refractivity contribution < 1.29 is 49.0 Å². The van der Waals surface area contributed by atoms with Crippen LogP contribution in [0.15, 0.2) is 23.8 Å². The molecule has 0 saturated carbocycles. The maximum absolute atomic E-state index is 13.1. The van der Waals surface area contributed by atoms with Gasteiger partial charge in [0.25, 0.3) is 0 Å². The molecule has 2 heterocycles. The van der Waals surface area contributed by atoms with Gasteiger partial charge in [-0.1, -0.05) is 38.5 Å². The number of carbonyl (C=O) groups is 3. The smallest absolute Gasteiger partial charge is 0.308 e. The van der Waals surface area contributed by atoms with Crippen molar-refractivity contribution in [3.63, 3.8) is 0 Å². The van der Waals surface area contributed by atoms with E-state index < -0.39 is 78.6 Å². The normalized spacial score (nSPS) is 39.6. The van der Waals surface area contributed by atoms with E-state index in [0.717, 1.165) is 6.29 Å². The van der Waals surface area contributed by atoms with Gasteiger partial charge in [0, 0.05) is 24.2 Å². The molecule has 0 aromatic heterocycles. The van der Waals surface area contributed by atoms with Crippen LogP contribution in [0.2, 0.25) is 0 Å². The number of esters is 1. The number of hydrogen-bond donors (Lipinski definition) is 4. The fraction of sp³-hybridized carbons (Fsp3) is 0.774. The van der Waals surface area contributed by atoms with Crippen LogP contribution in [0.25, 0.3) is 0 Å². The van der Waals surface area contributed by atoms with Crippen LogP contribution < -0.4 is 0 Å². The fourth-order valence-corrected chi connectivity index (χ4v) is 5.93. The number of nitrogens with zero attached hydrogens (tertiary/aromatic N) is 1. The highest BCUT2D eigenvalue weighted by Gasteiger charge is 2.47. The minimum atomic E-state index is -1.27. The van der Waals surface area contributed by atoms with Gasteiger partial charge < -0.3 is 44.3 Å². The molecule has 42 heavy (non-hydrogen) atoms. The Bertz CT molecular complexity index is 952. The largest absolute Gasteiger partial charge is 0.462 e. The molecule has 0 spiro atoms. The van der Waals surface area contributed by atoms with E-state index in [4.69, 9.17) is 14.2 Å². The number of cyclic esters (lactones) is 1. The van der Waals surface area contributed by atoms with Crippen molar-refractivity contribution in [2.75, 3.05) is 20.7 Å². The van der Waals surface area contributed by atoms with Gasteiger partial charge in [0.1, 0.15) is 18.5 Å². The van der Waals surface area contributed by atoms with Crippen LogP contribution in [-0.4, -0.2) is 113 Å². The molecule has 11 nitrogen and oxygen atoms in total. The van der Waals surface area contributed by atoms with E-state index in [-0.39, 0.29) is 31.7 Å². The van der Waals surface area contributed by atoms with Gasteiger partial charge in [-0.15, -0.1) is 0 Å². The third-order valence-corrected chi connectivity index (χ3v) is 8.56. The number of carbonyl (C=O) groups excluding carboxylic acids is 3. The molecule has 0 radical (unpaired) electrons. The van der Waals surface area contributed by atoms with Crippen LogP contribution in [0.5, 0.6) is 0 Å². The summed E-state index contributed by atoms with van der Waals surface area (Å²) < 4.78 is 17.9. The van der Waals surface area contributed by atoms with Crippen LogP contribution in [0.4, 0.5) is 0 Å². The van der Waals surface area contributed by atoms with E-state index >= 15 is 0 Å². The van der Waals surface area contributed by atoms with E-state index in [0.29, 0.717) is 12.0 Å². The highest BCUT2D eigenvalue weighted by atomic mass is 16.7. The number of likely N-dealkylation sites (N-methyl/N-ethyl adjacent to an activating group) is 1. The summed E-state index contributed by atoms with van der Waals surface area (Å²) in [6.07, 6.45) is -1.12. The van der Waals surface area contributed by atoms with Crippen molar-refractivity contribution in [3.8, 4) is 0 Å². The lowest BCUT2D eigenvalue weighted by Gasteiger charge is -2.46. The lowest BCUT2D eigenvalue weighted by atomic mass is 9.79. The average Bonchev–Trinajstić information content (AvgIpc) is 2.93. The molecule has 11 heteroatoms. The second-order valence-corrected chi connectivity index (χ2v) is 12.1. The van der Waals surface area contributed by atoms with Gasteiger partial charge in [0.2, 0.25) is 0 Å². The van der Waals surface area contributed by atoms with Gasteiger partial charge in [-0.3, -0.25) is 9.59 Å². The molecule has 0 aromatic rings. The van der Waals surface area contributed by atoms with E-state index in [1.165, 1.54) is 6.08 Å². The first-order valence-corrected chi connectivity index (χ1v) is 14.9. The lowest BCUT2D eigenvalue weighted by Crippen LogP contribution is -2.63. The molecular formula is C31H51NO10. The number of ether oxygens (including phenoxy) is 3. The van der Waals surface area contributed by atoms with Gasteiger partial charge >= 0.3 is 5.97 Å². The number of allylic oxidation sites excluding steroid dienone is 3. The van der Waals surface area contributed by atoms with Crippen LogP contribution >= 0.6 is 0 Å². The van der Waals surface area contributed by atoms with E-state index in [1.807, 2.05) is 6.92 Å². The van der Waals surface area contributed by atoms with E-state index in [1.54, 1.807) is 58.8 Å². The van der Waals surface area contributed by atoms with Crippen molar-refractivity contribution in [1.29, 1.82) is 0 Å². The monoisotopic (exact) mass is 597 g/mol. The number of aliphatic hydroxyl groups excluding tert-OH is 4. The van der Waals surface area contributed by atoms with Crippen molar-refractivity contribution in [1.82, 2.24) is 4.90 Å². The summed E-state index contributed by atoms with van der Waals surface area (Å²) >= 11 is 0. The van der Waals surface area contributed by atoms with Crippen molar-refractivity contribution in [3.05, 3.63) is 23.8 Å². The van der Waals surface area contributed by atoms with Crippen molar-refractivity contribution in [2.24, 2.45) is 23.7 Å². The fourth-order valence-electron chi connectivity index (χ4n) is 5.93. The zero-order chi connectivity index (χ0) is 31.7. The third-order valence-electron chi connectivity index (χ3n) is 8.56. The lowest BCUT2D eigenvalue weighted by molar-refractivity contribution is -0.304. The summed E-state index contributed by atoms with van der Waals surface area (Å²) in [5.74, 6) is -3.16. The summed E-state index contributed by atoms with van der Waals surface area (Å²) in [4.78, 5) is 39.6. The SMILES string of the molecule is CC[C@H]1OC(=O)C[C@@H](O)[C@H](C)[C@@H](O[C@@H]2O[C@H](C)[C@@H](O)C(N(C)C)C2O)[C@@H](CC=O)C[C@@H](C)C(=O)C=CC(C)=C[C@@H]1CO. The van der Waals surface area contributed by atoms with Crippen LogP contribution in [0.3, 0.4) is 0 Å². The predicted octanol–water partition coefficient (Wildman–Crippen LogP) is 1.40. The second-order valence-electron chi connectivity index (χ2n) is 12.1. The molecule has 2 aliphatic heterocycles. The van der Waals surface area contributed by atoms with Crippen LogP contribution in [-0.2, 0) is 28.6 Å². The number of aliphatic hydroxyl groups is 4.